The molecule has 84 valence electrons. The van der Waals surface area contributed by atoms with Crippen molar-refractivity contribution in [3.8, 4) is 0 Å². The summed E-state index contributed by atoms with van der Waals surface area (Å²) in [6.45, 7) is 3.23. The summed E-state index contributed by atoms with van der Waals surface area (Å²) in [5.74, 6) is 0.963. The summed E-state index contributed by atoms with van der Waals surface area (Å²) in [7, 11) is 0. The van der Waals surface area contributed by atoms with Crippen LogP contribution in [0.2, 0.25) is 0 Å². The van der Waals surface area contributed by atoms with Gasteiger partial charge in [0.1, 0.15) is 5.82 Å². The first-order chi connectivity index (χ1) is 7.33. The molecule has 3 nitrogen and oxygen atoms in total. The minimum Gasteiger partial charge on any atom is -0.372 e. The van der Waals surface area contributed by atoms with E-state index in [2.05, 4.69) is 22.2 Å². The van der Waals surface area contributed by atoms with Crippen molar-refractivity contribution in [3.63, 3.8) is 0 Å². The highest BCUT2D eigenvalue weighted by Crippen LogP contribution is 2.04. The van der Waals surface area contributed by atoms with Gasteiger partial charge in [-0.2, -0.15) is 0 Å². The highest BCUT2D eigenvalue weighted by atomic mass is 32.1. The zero-order chi connectivity index (χ0) is 10.9. The number of unbranched alkanes of at least 4 members (excludes halogenated alkanes) is 4. The molecule has 2 N–H and O–H groups in total. The maximum atomic E-state index is 4.93. The van der Waals surface area contributed by atoms with Gasteiger partial charge in [0.25, 0.3) is 0 Å². The highest BCUT2D eigenvalue weighted by molar-refractivity contribution is 7.71. The van der Waals surface area contributed by atoms with Crippen LogP contribution in [0.25, 0.3) is 0 Å². The lowest BCUT2D eigenvalue weighted by atomic mass is 10.1. The lowest BCUT2D eigenvalue weighted by Gasteiger charge is -2.05. The maximum absolute atomic E-state index is 4.93. The monoisotopic (exact) mass is 225 g/mol. The molecule has 0 spiro atoms. The molecule has 1 aromatic heterocycles. The number of nitrogens with zero attached hydrogens (tertiary/aromatic N) is 1. The van der Waals surface area contributed by atoms with Crippen molar-refractivity contribution in [1.82, 2.24) is 9.97 Å². The molecule has 1 rings (SSSR count). The predicted molar refractivity (Wildman–Crippen MR) is 66.7 cm³/mol. The van der Waals surface area contributed by atoms with Gasteiger partial charge in [0, 0.05) is 12.7 Å². The average Bonchev–Trinajstić information content (AvgIpc) is 2.23. The van der Waals surface area contributed by atoms with Crippen LogP contribution in [0.3, 0.4) is 0 Å². The molecule has 0 aromatic carbocycles. The maximum Gasteiger partial charge on any atom is 0.198 e. The van der Waals surface area contributed by atoms with Crippen LogP contribution >= 0.6 is 12.2 Å². The summed E-state index contributed by atoms with van der Waals surface area (Å²) in [5, 5.41) is 3.30. The highest BCUT2D eigenvalue weighted by Gasteiger charge is 1.91. The summed E-state index contributed by atoms with van der Waals surface area (Å²) in [5.41, 5.74) is 0. The molecule has 0 radical (unpaired) electrons. The summed E-state index contributed by atoms with van der Waals surface area (Å²) in [4.78, 5) is 6.93. The van der Waals surface area contributed by atoms with Gasteiger partial charge in [0.15, 0.2) is 4.77 Å². The molecule has 0 fully saturated rings. The third-order valence-electron chi connectivity index (χ3n) is 2.27. The van der Waals surface area contributed by atoms with Crippen LogP contribution in [-0.2, 0) is 0 Å². The Balaban J connectivity index is 2.12. The molecule has 4 heteroatoms. The van der Waals surface area contributed by atoms with E-state index in [1.165, 1.54) is 32.1 Å². The standard InChI is InChI=1S/C11H19N3S/c1-2-3-4-5-6-8-12-10-7-9-13-11(15)14-10/h7,9H,2-6,8H2,1H3,(H2,12,13,14,15). The van der Waals surface area contributed by atoms with E-state index >= 15 is 0 Å². The van der Waals surface area contributed by atoms with E-state index in [4.69, 9.17) is 12.2 Å². The first kappa shape index (κ1) is 12.2. The summed E-state index contributed by atoms with van der Waals surface area (Å²) in [6, 6.07) is 1.90. The van der Waals surface area contributed by atoms with Crippen LogP contribution in [0.4, 0.5) is 5.82 Å². The van der Waals surface area contributed by atoms with E-state index in [0.29, 0.717) is 4.77 Å². The number of aromatic nitrogens is 2. The van der Waals surface area contributed by atoms with Gasteiger partial charge in [0.2, 0.25) is 0 Å². The normalized spacial score (nSPS) is 10.2. The van der Waals surface area contributed by atoms with Crippen molar-refractivity contribution in [2.75, 3.05) is 11.9 Å². The Kier molecular flexibility index (Phi) is 6.00. The molecular formula is C11H19N3S. The minimum atomic E-state index is 0.533. The number of nitrogens with one attached hydrogen (secondary N) is 2. The number of hydrogen-bond acceptors (Lipinski definition) is 3. The second-order valence-corrected chi connectivity index (χ2v) is 4.02. The third kappa shape index (κ3) is 5.52. The largest absolute Gasteiger partial charge is 0.372 e. The third-order valence-corrected chi connectivity index (χ3v) is 2.48. The lowest BCUT2D eigenvalue weighted by molar-refractivity contribution is 0.644. The van der Waals surface area contributed by atoms with E-state index < -0.39 is 0 Å². The first-order valence-electron chi connectivity index (χ1n) is 5.62. The molecule has 0 aliphatic heterocycles. The van der Waals surface area contributed by atoms with E-state index in [0.717, 1.165) is 12.4 Å². The second kappa shape index (κ2) is 7.40. The number of aromatic amines is 1. The van der Waals surface area contributed by atoms with Gasteiger partial charge >= 0.3 is 0 Å². The molecule has 0 saturated carbocycles. The Morgan fingerprint density at radius 3 is 2.87 bits per heavy atom. The Bertz CT molecular complexity index is 322. The fraction of sp³-hybridized carbons (Fsp3) is 0.636. The first-order valence-corrected chi connectivity index (χ1v) is 6.03. The Labute approximate surface area is 96.3 Å². The van der Waals surface area contributed by atoms with E-state index in [-0.39, 0.29) is 0 Å². The van der Waals surface area contributed by atoms with Crippen LogP contribution in [0.5, 0.6) is 0 Å². The Hall–Kier alpha value is -0.900. The lowest BCUT2D eigenvalue weighted by Crippen LogP contribution is -2.03. The summed E-state index contributed by atoms with van der Waals surface area (Å²) in [6.07, 6.45) is 8.21. The van der Waals surface area contributed by atoms with Crippen molar-refractivity contribution in [2.24, 2.45) is 0 Å². The van der Waals surface area contributed by atoms with Crippen molar-refractivity contribution in [2.45, 2.75) is 39.0 Å². The minimum absolute atomic E-state index is 0.533. The zero-order valence-electron chi connectivity index (χ0n) is 9.25. The van der Waals surface area contributed by atoms with Crippen molar-refractivity contribution >= 4 is 18.0 Å². The van der Waals surface area contributed by atoms with Crippen molar-refractivity contribution < 1.29 is 0 Å². The molecule has 1 aromatic rings. The molecule has 0 aliphatic rings. The number of H-pyrrole nitrogens is 1. The summed E-state index contributed by atoms with van der Waals surface area (Å²) < 4.78 is 0.533. The molecule has 0 aliphatic carbocycles. The smallest absolute Gasteiger partial charge is 0.198 e. The van der Waals surface area contributed by atoms with Crippen LogP contribution in [-0.4, -0.2) is 16.5 Å². The molecule has 1 heterocycles. The van der Waals surface area contributed by atoms with Gasteiger partial charge < -0.3 is 10.3 Å². The Morgan fingerprint density at radius 1 is 1.33 bits per heavy atom. The molecular weight excluding hydrogens is 206 g/mol. The van der Waals surface area contributed by atoms with Gasteiger partial charge in [-0.25, -0.2) is 4.98 Å². The molecule has 0 unspecified atom stereocenters. The van der Waals surface area contributed by atoms with Crippen LogP contribution in [0, 0.1) is 4.77 Å². The van der Waals surface area contributed by atoms with Gasteiger partial charge in [-0.15, -0.1) is 0 Å². The van der Waals surface area contributed by atoms with Crippen molar-refractivity contribution in [1.29, 1.82) is 0 Å². The van der Waals surface area contributed by atoms with Gasteiger partial charge in [0.05, 0.1) is 0 Å². The van der Waals surface area contributed by atoms with E-state index in [9.17, 15) is 0 Å². The van der Waals surface area contributed by atoms with Crippen molar-refractivity contribution in [3.05, 3.63) is 17.0 Å². The fourth-order valence-corrected chi connectivity index (χ4v) is 1.59. The fourth-order valence-electron chi connectivity index (χ4n) is 1.42. The number of rotatable bonds is 7. The Morgan fingerprint density at radius 2 is 2.13 bits per heavy atom. The van der Waals surface area contributed by atoms with Crippen LogP contribution in [0.15, 0.2) is 12.3 Å². The SMILES string of the molecule is CCCCCCCNc1ccnc(=S)[nH]1. The predicted octanol–water partition coefficient (Wildman–Crippen LogP) is 3.52. The quantitative estimate of drug-likeness (QED) is 0.551. The molecule has 0 saturated heterocycles. The van der Waals surface area contributed by atoms with E-state index in [1.54, 1.807) is 6.20 Å². The molecule has 0 bridgehead atoms. The number of anilines is 1. The van der Waals surface area contributed by atoms with Crippen LogP contribution < -0.4 is 5.32 Å². The summed E-state index contributed by atoms with van der Waals surface area (Å²) >= 11 is 4.93. The van der Waals surface area contributed by atoms with Gasteiger partial charge in [-0.3, -0.25) is 0 Å². The van der Waals surface area contributed by atoms with E-state index in [1.807, 2.05) is 6.07 Å². The zero-order valence-corrected chi connectivity index (χ0v) is 10.1. The van der Waals surface area contributed by atoms with Gasteiger partial charge in [-0.05, 0) is 24.7 Å². The average molecular weight is 225 g/mol. The molecule has 0 atom stereocenters. The topological polar surface area (TPSA) is 40.7 Å². The second-order valence-electron chi connectivity index (χ2n) is 3.63. The molecule has 0 amide bonds. The van der Waals surface area contributed by atoms with Crippen LogP contribution in [0.1, 0.15) is 39.0 Å². The number of hydrogen-bond donors (Lipinski definition) is 2. The molecule has 15 heavy (non-hydrogen) atoms. The van der Waals surface area contributed by atoms with Gasteiger partial charge in [-0.1, -0.05) is 32.6 Å².